The smallest absolute Gasteiger partial charge is 0.219 e. The Morgan fingerprint density at radius 2 is 1.85 bits per heavy atom. The molecule has 0 radical (unpaired) electrons. The summed E-state index contributed by atoms with van der Waals surface area (Å²) in [4.78, 5) is 0. The summed E-state index contributed by atoms with van der Waals surface area (Å²) >= 11 is 0. The minimum absolute atomic E-state index is 0.0428. The van der Waals surface area contributed by atoms with E-state index < -0.39 is 0 Å². The van der Waals surface area contributed by atoms with E-state index in [0.29, 0.717) is 6.54 Å². The van der Waals surface area contributed by atoms with Crippen LogP contribution in [-0.4, -0.2) is 21.9 Å². The van der Waals surface area contributed by atoms with Crippen molar-refractivity contribution in [3.05, 3.63) is 57.5 Å². The fraction of sp³-hybridized carbons (Fsp3) is 0.412. The summed E-state index contributed by atoms with van der Waals surface area (Å²) < 4.78 is 0. The van der Waals surface area contributed by atoms with Crippen molar-refractivity contribution in [1.82, 2.24) is 5.06 Å². The molecule has 0 unspecified atom stereocenters. The lowest BCUT2D eigenvalue weighted by molar-refractivity contribution is -0.0884. The lowest BCUT2D eigenvalue weighted by Crippen LogP contribution is -2.29. The molecule has 3 aliphatic carbocycles. The lowest BCUT2D eigenvalue weighted by atomic mass is 9.79. The normalized spacial score (nSPS) is 25.4. The van der Waals surface area contributed by atoms with Gasteiger partial charge in [-0.25, -0.2) is 5.06 Å². The van der Waals surface area contributed by atoms with Gasteiger partial charge < -0.3 is 5.11 Å². The van der Waals surface area contributed by atoms with Crippen LogP contribution in [0.2, 0.25) is 0 Å². The van der Waals surface area contributed by atoms with Crippen molar-refractivity contribution >= 4 is 0 Å². The van der Waals surface area contributed by atoms with Crippen molar-refractivity contribution < 1.29 is 10.3 Å². The monoisotopic (exact) mass is 269 g/mol. The number of hydrogen-bond donors (Lipinski definition) is 2. The Morgan fingerprint density at radius 1 is 1.00 bits per heavy atom. The molecule has 4 rings (SSSR count). The van der Waals surface area contributed by atoms with Crippen LogP contribution >= 0.6 is 0 Å². The van der Waals surface area contributed by atoms with Crippen LogP contribution in [0.15, 0.2) is 57.5 Å². The molecule has 3 heteroatoms. The first-order valence-corrected chi connectivity index (χ1v) is 7.46. The van der Waals surface area contributed by atoms with E-state index >= 15 is 0 Å². The van der Waals surface area contributed by atoms with Crippen LogP contribution < -0.4 is 0 Å². The van der Waals surface area contributed by atoms with E-state index in [9.17, 15) is 10.3 Å². The number of rotatable bonds is 0. The average molecular weight is 269 g/mol. The minimum Gasteiger partial charge on any atom is -0.493 e. The maximum absolute atomic E-state index is 10.4. The molecule has 20 heavy (non-hydrogen) atoms. The number of aliphatic hydroxyl groups is 1. The second-order valence-electron chi connectivity index (χ2n) is 5.99. The van der Waals surface area contributed by atoms with E-state index in [1.165, 1.54) is 40.7 Å². The van der Waals surface area contributed by atoms with Gasteiger partial charge in [0.15, 0.2) is 0 Å². The summed E-state index contributed by atoms with van der Waals surface area (Å²) in [6.07, 6.45) is 13.0. The first kappa shape index (κ1) is 12.0. The molecule has 0 saturated heterocycles. The van der Waals surface area contributed by atoms with Gasteiger partial charge in [-0.05, 0) is 60.8 Å². The Morgan fingerprint density at radius 3 is 2.75 bits per heavy atom. The van der Waals surface area contributed by atoms with Crippen LogP contribution in [0.5, 0.6) is 0 Å². The molecule has 4 aliphatic rings. The molecule has 0 spiro atoms. The molecule has 0 fully saturated rings. The third kappa shape index (κ3) is 1.63. The number of fused-ring (bicyclic) bond motifs is 1. The Bertz CT molecular complexity index is 631. The second kappa shape index (κ2) is 4.38. The second-order valence-corrected chi connectivity index (χ2v) is 5.99. The summed E-state index contributed by atoms with van der Waals surface area (Å²) in [6, 6.07) is 0. The van der Waals surface area contributed by atoms with Gasteiger partial charge in [-0.1, -0.05) is 23.8 Å². The highest BCUT2D eigenvalue weighted by atomic mass is 16.5. The Kier molecular flexibility index (Phi) is 2.64. The van der Waals surface area contributed by atoms with Crippen LogP contribution in [0.3, 0.4) is 0 Å². The van der Waals surface area contributed by atoms with E-state index in [-0.39, 0.29) is 5.88 Å². The van der Waals surface area contributed by atoms with Gasteiger partial charge in [-0.2, -0.15) is 0 Å². The predicted molar refractivity (Wildman–Crippen MR) is 77.1 cm³/mol. The standard InChI is InChI=1S/C17H19NO2/c19-17-16-14-7-2-1-4-11(14)8-9-12-5-3-6-13(15(12)16)10-18(17)20/h3,5,9,19-20H,1-2,4,6-8,10H2. The summed E-state index contributed by atoms with van der Waals surface area (Å²) in [7, 11) is 0. The number of hydroxylamine groups is 2. The predicted octanol–water partition coefficient (Wildman–Crippen LogP) is 3.92. The van der Waals surface area contributed by atoms with E-state index in [1.807, 2.05) is 0 Å². The number of nitrogens with zero attached hydrogens (tertiary/aromatic N) is 1. The SMILES string of the molecule is OC1=C2C3=C(CC=C4C=CCC(=C42)CN1O)CCCC3. The van der Waals surface area contributed by atoms with Crippen molar-refractivity contribution in [2.24, 2.45) is 0 Å². The van der Waals surface area contributed by atoms with Gasteiger partial charge in [0.25, 0.3) is 0 Å². The zero-order valence-electron chi connectivity index (χ0n) is 11.5. The molecule has 0 atom stereocenters. The molecule has 0 saturated carbocycles. The van der Waals surface area contributed by atoms with Crippen molar-refractivity contribution in [1.29, 1.82) is 0 Å². The molecule has 3 nitrogen and oxygen atoms in total. The summed E-state index contributed by atoms with van der Waals surface area (Å²) in [5.41, 5.74) is 7.24. The Labute approximate surface area is 118 Å². The molecular formula is C17H19NO2. The zero-order chi connectivity index (χ0) is 13.7. The average Bonchev–Trinajstić information content (AvgIpc) is 2.63. The highest BCUT2D eigenvalue weighted by Crippen LogP contribution is 2.46. The van der Waals surface area contributed by atoms with Gasteiger partial charge in [0.2, 0.25) is 5.88 Å². The van der Waals surface area contributed by atoms with Gasteiger partial charge in [0.05, 0.1) is 6.54 Å². The maximum Gasteiger partial charge on any atom is 0.219 e. The van der Waals surface area contributed by atoms with Gasteiger partial charge in [0, 0.05) is 5.57 Å². The lowest BCUT2D eigenvalue weighted by Gasteiger charge is -2.33. The van der Waals surface area contributed by atoms with Gasteiger partial charge >= 0.3 is 0 Å². The van der Waals surface area contributed by atoms with Gasteiger partial charge in [-0.3, -0.25) is 5.21 Å². The molecule has 1 heterocycles. The third-order valence-corrected chi connectivity index (χ3v) is 4.81. The quantitative estimate of drug-likeness (QED) is 0.700. The molecular weight excluding hydrogens is 250 g/mol. The minimum atomic E-state index is 0.0428. The van der Waals surface area contributed by atoms with E-state index in [1.54, 1.807) is 0 Å². The summed E-state index contributed by atoms with van der Waals surface area (Å²) in [5, 5.41) is 21.5. The fourth-order valence-electron chi connectivity index (χ4n) is 3.86. The van der Waals surface area contributed by atoms with Crippen LogP contribution in [0, 0.1) is 0 Å². The maximum atomic E-state index is 10.4. The van der Waals surface area contributed by atoms with Crippen molar-refractivity contribution in [2.45, 2.75) is 38.5 Å². The number of allylic oxidation sites excluding steroid dienone is 8. The van der Waals surface area contributed by atoms with Crippen molar-refractivity contribution in [3.63, 3.8) is 0 Å². The molecule has 0 bridgehead atoms. The van der Waals surface area contributed by atoms with Gasteiger partial charge in [-0.15, -0.1) is 0 Å². The third-order valence-electron chi connectivity index (χ3n) is 4.81. The molecule has 2 N–H and O–H groups in total. The van der Waals surface area contributed by atoms with Gasteiger partial charge in [0.1, 0.15) is 0 Å². The molecule has 0 aromatic rings. The van der Waals surface area contributed by atoms with Crippen LogP contribution in [-0.2, 0) is 0 Å². The van der Waals surface area contributed by atoms with Crippen LogP contribution in [0.1, 0.15) is 38.5 Å². The molecule has 104 valence electrons. The van der Waals surface area contributed by atoms with Crippen molar-refractivity contribution in [2.75, 3.05) is 6.54 Å². The van der Waals surface area contributed by atoms with Crippen LogP contribution in [0.25, 0.3) is 0 Å². The number of aliphatic hydroxyl groups excluding tert-OH is 1. The number of hydrogen-bond acceptors (Lipinski definition) is 3. The van der Waals surface area contributed by atoms with Crippen LogP contribution in [0.4, 0.5) is 0 Å². The highest BCUT2D eigenvalue weighted by Gasteiger charge is 2.33. The van der Waals surface area contributed by atoms with E-state index in [4.69, 9.17) is 0 Å². The highest BCUT2D eigenvalue weighted by molar-refractivity contribution is 5.67. The van der Waals surface area contributed by atoms with E-state index in [0.717, 1.165) is 36.3 Å². The molecule has 0 aromatic heterocycles. The molecule has 0 aromatic carbocycles. The fourth-order valence-corrected chi connectivity index (χ4v) is 3.86. The molecule has 0 amide bonds. The Hall–Kier alpha value is -1.74. The Balaban J connectivity index is 1.98. The zero-order valence-corrected chi connectivity index (χ0v) is 11.5. The van der Waals surface area contributed by atoms with E-state index in [2.05, 4.69) is 18.2 Å². The summed E-state index contributed by atoms with van der Waals surface area (Å²) in [5.74, 6) is 0.0428. The van der Waals surface area contributed by atoms with Crippen molar-refractivity contribution in [3.8, 4) is 0 Å². The molecule has 1 aliphatic heterocycles. The largest absolute Gasteiger partial charge is 0.493 e. The topological polar surface area (TPSA) is 43.7 Å². The summed E-state index contributed by atoms with van der Waals surface area (Å²) in [6.45, 7) is 0.412. The first-order valence-electron chi connectivity index (χ1n) is 7.46. The first-order chi connectivity index (χ1) is 9.75.